The first-order valence-corrected chi connectivity index (χ1v) is 15.8. The Bertz CT molecular complexity index is 925. The zero-order valence-corrected chi connectivity index (χ0v) is 28.4. The van der Waals surface area contributed by atoms with Gasteiger partial charge in [-0.25, -0.2) is 0 Å². The molecule has 0 radical (unpaired) electrons. The van der Waals surface area contributed by atoms with E-state index in [4.69, 9.17) is 4.74 Å². The molecule has 6 atom stereocenters. The molecule has 38 heavy (non-hydrogen) atoms. The molecule has 0 N–H and O–H groups in total. The molecule has 4 rings (SSSR count). The van der Waals surface area contributed by atoms with Crippen LogP contribution in [0.4, 0.5) is 0 Å². The van der Waals surface area contributed by atoms with Crippen LogP contribution in [0.3, 0.4) is 0 Å². The molecule has 2 nitrogen and oxygen atoms in total. The van der Waals surface area contributed by atoms with Crippen LogP contribution in [0.5, 0.6) is 0 Å². The normalized spacial score (nSPS) is 34.6. The maximum atomic E-state index is 7.17. The molecule has 0 bridgehead atoms. The van der Waals surface area contributed by atoms with Gasteiger partial charge in [0.25, 0.3) is 0 Å². The van der Waals surface area contributed by atoms with Crippen LogP contribution < -0.4 is 17.0 Å². The summed E-state index contributed by atoms with van der Waals surface area (Å²) in [5.41, 5.74) is 5.20. The summed E-state index contributed by atoms with van der Waals surface area (Å²) < 4.78 is 8.41. The average Bonchev–Trinajstić information content (AvgIpc) is 3.32. The number of quaternary nitrogens is 1. The van der Waals surface area contributed by atoms with Gasteiger partial charge in [-0.1, -0.05) is 94.6 Å². The molecule has 1 aromatic rings. The van der Waals surface area contributed by atoms with E-state index in [0.717, 1.165) is 25.0 Å². The Kier molecular flexibility index (Phi) is 9.41. The quantitative estimate of drug-likeness (QED) is 0.252. The van der Waals surface area contributed by atoms with Crippen LogP contribution in [0.1, 0.15) is 131 Å². The zero-order chi connectivity index (χ0) is 27.4. The van der Waals surface area contributed by atoms with Crippen LogP contribution in [0.2, 0.25) is 0 Å². The maximum absolute atomic E-state index is 7.17. The molecule has 3 fully saturated rings. The van der Waals surface area contributed by atoms with Crippen LogP contribution in [0.25, 0.3) is 0 Å². The second-order valence-corrected chi connectivity index (χ2v) is 16.0. The highest BCUT2D eigenvalue weighted by Crippen LogP contribution is 2.67. The first kappa shape index (κ1) is 32.1. The van der Waals surface area contributed by atoms with Crippen molar-refractivity contribution in [1.82, 2.24) is 0 Å². The van der Waals surface area contributed by atoms with Crippen LogP contribution in [-0.4, -0.2) is 35.3 Å². The molecule has 3 heteroatoms. The first-order valence-electron chi connectivity index (χ1n) is 15.8. The fraction of sp³-hybridized carbons (Fsp3) is 0.829. The number of hydrogen-bond donors (Lipinski definition) is 0. The molecule has 1 saturated carbocycles. The Morgan fingerprint density at radius 1 is 0.947 bits per heavy atom. The first-order chi connectivity index (χ1) is 17.1. The topological polar surface area (TPSA) is 9.23 Å². The van der Waals surface area contributed by atoms with E-state index in [-0.39, 0.29) is 33.4 Å². The van der Waals surface area contributed by atoms with E-state index in [1.165, 1.54) is 67.2 Å². The molecule has 2 heterocycles. The largest absolute Gasteiger partial charge is 1.00 e. The lowest BCUT2D eigenvalue weighted by molar-refractivity contribution is -0.968. The minimum Gasteiger partial charge on any atom is -1.00 e. The second kappa shape index (κ2) is 11.1. The molecule has 0 amide bonds. The Morgan fingerprint density at radius 3 is 2.08 bits per heavy atom. The minimum atomic E-state index is 0. The predicted octanol–water partition coefficient (Wildman–Crippen LogP) is 6.04. The molecule has 0 aromatic heterocycles. The molecule has 0 unspecified atom stereocenters. The highest BCUT2D eigenvalue weighted by atomic mass is 79.9. The summed E-state index contributed by atoms with van der Waals surface area (Å²) >= 11 is 0. The third-order valence-electron chi connectivity index (χ3n) is 11.3. The third-order valence-corrected chi connectivity index (χ3v) is 11.3. The summed E-state index contributed by atoms with van der Waals surface area (Å²) in [4.78, 5) is 0. The van der Waals surface area contributed by atoms with Crippen molar-refractivity contribution in [2.24, 2.45) is 23.7 Å². The van der Waals surface area contributed by atoms with Crippen molar-refractivity contribution in [3.05, 3.63) is 34.9 Å². The van der Waals surface area contributed by atoms with Crippen LogP contribution in [-0.2, 0) is 22.1 Å². The summed E-state index contributed by atoms with van der Waals surface area (Å²) in [5.74, 6) is 2.86. The lowest BCUT2D eigenvalue weighted by Crippen LogP contribution is -3.00. The molecule has 3 aliphatic rings. The number of halogens is 1. The number of hydrogen-bond acceptors (Lipinski definition) is 1. The average molecular weight is 591 g/mol. The van der Waals surface area contributed by atoms with Gasteiger partial charge in [0, 0.05) is 29.9 Å². The fourth-order valence-corrected chi connectivity index (χ4v) is 9.14. The lowest BCUT2D eigenvalue weighted by Gasteiger charge is -2.44. The van der Waals surface area contributed by atoms with Gasteiger partial charge in [0.1, 0.15) is 24.2 Å². The second-order valence-electron chi connectivity index (χ2n) is 16.0. The summed E-state index contributed by atoms with van der Waals surface area (Å²) in [7, 11) is 0. The molecule has 218 valence electrons. The van der Waals surface area contributed by atoms with E-state index in [0.29, 0.717) is 17.4 Å². The smallest absolute Gasteiger partial charge is 0.128 e. The van der Waals surface area contributed by atoms with E-state index in [1.807, 2.05) is 0 Å². The Labute approximate surface area is 247 Å². The van der Waals surface area contributed by atoms with E-state index >= 15 is 0 Å². The number of rotatable bonds is 9. The molecule has 1 aliphatic carbocycles. The maximum Gasteiger partial charge on any atom is 0.128 e. The molecule has 0 spiro atoms. The van der Waals surface area contributed by atoms with Gasteiger partial charge in [0.2, 0.25) is 0 Å². The molecular formula is C35H60BrNO. The van der Waals surface area contributed by atoms with Crippen molar-refractivity contribution >= 4 is 0 Å². The number of unbranched alkanes of at least 4 members (excludes halogenated alkanes) is 3. The summed E-state index contributed by atoms with van der Waals surface area (Å²) in [6.45, 7) is 31.3. The van der Waals surface area contributed by atoms with Gasteiger partial charge in [-0.3, -0.25) is 0 Å². The van der Waals surface area contributed by atoms with E-state index in [9.17, 15) is 0 Å². The van der Waals surface area contributed by atoms with E-state index < -0.39 is 0 Å². The van der Waals surface area contributed by atoms with Gasteiger partial charge >= 0.3 is 0 Å². The van der Waals surface area contributed by atoms with Gasteiger partial charge in [0.15, 0.2) is 0 Å². The molecule has 1 aromatic carbocycles. The Balaban J connectivity index is 0.00000400. The van der Waals surface area contributed by atoms with Crippen molar-refractivity contribution in [3.63, 3.8) is 0 Å². The Morgan fingerprint density at radius 2 is 1.55 bits per heavy atom. The van der Waals surface area contributed by atoms with Crippen molar-refractivity contribution < 1.29 is 26.2 Å². The highest BCUT2D eigenvalue weighted by Gasteiger charge is 2.78. The van der Waals surface area contributed by atoms with Crippen molar-refractivity contribution in [3.8, 4) is 0 Å². The van der Waals surface area contributed by atoms with Gasteiger partial charge in [0.05, 0.1) is 6.54 Å². The van der Waals surface area contributed by atoms with Gasteiger partial charge < -0.3 is 26.2 Å². The van der Waals surface area contributed by atoms with Crippen LogP contribution >= 0.6 is 0 Å². The van der Waals surface area contributed by atoms with E-state index in [2.05, 4.69) is 94.4 Å². The van der Waals surface area contributed by atoms with Crippen LogP contribution in [0, 0.1) is 23.7 Å². The van der Waals surface area contributed by atoms with Gasteiger partial charge in [-0.2, -0.15) is 0 Å². The predicted molar refractivity (Wildman–Crippen MR) is 159 cm³/mol. The number of benzene rings is 1. The Hall–Kier alpha value is -0.380. The third kappa shape index (κ3) is 5.32. The lowest BCUT2D eigenvalue weighted by atomic mass is 9.72. The van der Waals surface area contributed by atoms with Crippen LogP contribution in [0.15, 0.2) is 18.2 Å². The minimum absolute atomic E-state index is 0. The van der Waals surface area contributed by atoms with Gasteiger partial charge in [-0.15, -0.1) is 0 Å². The van der Waals surface area contributed by atoms with Crippen molar-refractivity contribution in [1.29, 1.82) is 0 Å². The molecular weight excluding hydrogens is 530 g/mol. The SMILES string of the molecule is CCCCCCO[C@]1(C(C)C)C[N@+]2(Cc3cc(C(C)(C)C)cc(C(C)(C)C)c3)C[C@@H](C)[C@@H]3CC[C@H]1[C@@]32C.[Br-]. The van der Waals surface area contributed by atoms with Gasteiger partial charge in [-0.05, 0) is 66.2 Å². The fourth-order valence-electron chi connectivity index (χ4n) is 9.14. The van der Waals surface area contributed by atoms with Crippen molar-refractivity contribution in [2.75, 3.05) is 19.7 Å². The standard InChI is InChI=1S/C35H60NO.BrH/c1-12-13-14-15-18-37-35(25(2)3)24-36(22-26(4)30-16-17-31(35)34(30,36)11)23-27-19-28(32(5,6)7)21-29(20-27)33(8,9)10;/h19-21,25-26,30-31H,12-18,22-24H2,1-11H3;1H/q+1;/p-1/t26-,30+,31+,34-,35+,36-;/m1./s1. The molecule has 2 saturated heterocycles. The monoisotopic (exact) mass is 589 g/mol. The number of nitrogens with zero attached hydrogens (tertiary/aromatic N) is 1. The summed E-state index contributed by atoms with van der Waals surface area (Å²) in [6, 6.07) is 7.61. The van der Waals surface area contributed by atoms with Crippen molar-refractivity contribution in [2.45, 2.75) is 143 Å². The summed E-state index contributed by atoms with van der Waals surface area (Å²) in [5, 5.41) is 0. The van der Waals surface area contributed by atoms with E-state index in [1.54, 1.807) is 5.56 Å². The summed E-state index contributed by atoms with van der Waals surface area (Å²) in [6.07, 6.45) is 7.90. The molecule has 2 aliphatic heterocycles. The zero-order valence-electron chi connectivity index (χ0n) is 26.8. The number of ether oxygens (including phenoxy) is 1. The highest BCUT2D eigenvalue weighted by molar-refractivity contribution is 5.37.